The van der Waals surface area contributed by atoms with Crippen LogP contribution >= 0.6 is 0 Å². The standard InChI is InChI=1S/C22H28N4O2/c1-25(2)21(27)20(17-9-5-3-6-10-17)26-15-13-19(14-16-26)24-22(28)23-18-11-7-4-8-12-18/h3-12,19-20H,13-16H2,1-2H3,(H2,23,24,28). The van der Waals surface area contributed by atoms with Gasteiger partial charge in [0.2, 0.25) is 5.91 Å². The number of hydrogen-bond acceptors (Lipinski definition) is 3. The highest BCUT2D eigenvalue weighted by molar-refractivity contribution is 5.89. The van der Waals surface area contributed by atoms with Crippen LogP contribution in [0.5, 0.6) is 0 Å². The van der Waals surface area contributed by atoms with E-state index >= 15 is 0 Å². The molecule has 6 heteroatoms. The van der Waals surface area contributed by atoms with Gasteiger partial charge in [-0.2, -0.15) is 0 Å². The molecule has 0 radical (unpaired) electrons. The van der Waals surface area contributed by atoms with Gasteiger partial charge in [0, 0.05) is 38.9 Å². The third kappa shape index (κ3) is 5.10. The summed E-state index contributed by atoms with van der Waals surface area (Å²) >= 11 is 0. The smallest absolute Gasteiger partial charge is 0.319 e. The van der Waals surface area contributed by atoms with Crippen molar-refractivity contribution in [2.45, 2.75) is 24.9 Å². The number of hydrogen-bond donors (Lipinski definition) is 2. The van der Waals surface area contributed by atoms with Crippen LogP contribution < -0.4 is 10.6 Å². The van der Waals surface area contributed by atoms with E-state index in [4.69, 9.17) is 0 Å². The van der Waals surface area contributed by atoms with Crippen molar-refractivity contribution in [1.82, 2.24) is 15.1 Å². The lowest BCUT2D eigenvalue weighted by molar-refractivity contribution is -0.135. The molecule has 1 saturated heterocycles. The lowest BCUT2D eigenvalue weighted by Crippen LogP contribution is -2.49. The van der Waals surface area contributed by atoms with Gasteiger partial charge in [0.05, 0.1) is 0 Å². The van der Waals surface area contributed by atoms with Crippen molar-refractivity contribution in [3.63, 3.8) is 0 Å². The van der Waals surface area contributed by atoms with Gasteiger partial charge in [0.15, 0.2) is 0 Å². The molecule has 6 nitrogen and oxygen atoms in total. The summed E-state index contributed by atoms with van der Waals surface area (Å²) in [6.45, 7) is 1.52. The Bertz CT molecular complexity index is 772. The van der Waals surface area contributed by atoms with E-state index in [-0.39, 0.29) is 24.0 Å². The second-order valence-corrected chi connectivity index (χ2v) is 7.32. The van der Waals surface area contributed by atoms with E-state index in [9.17, 15) is 9.59 Å². The largest absolute Gasteiger partial charge is 0.347 e. The van der Waals surface area contributed by atoms with Crippen LogP contribution in [0.3, 0.4) is 0 Å². The van der Waals surface area contributed by atoms with E-state index in [0.717, 1.165) is 37.2 Å². The molecule has 0 aliphatic carbocycles. The zero-order valence-corrected chi connectivity index (χ0v) is 16.5. The second kappa shape index (κ2) is 9.37. The first-order valence-electron chi connectivity index (χ1n) is 9.67. The van der Waals surface area contributed by atoms with Crippen molar-refractivity contribution in [3.8, 4) is 0 Å². The number of carbonyl (C=O) groups excluding carboxylic acids is 2. The van der Waals surface area contributed by atoms with Crippen molar-refractivity contribution in [2.24, 2.45) is 0 Å². The van der Waals surface area contributed by atoms with Crippen molar-refractivity contribution in [1.29, 1.82) is 0 Å². The Morgan fingerprint density at radius 1 is 0.964 bits per heavy atom. The zero-order chi connectivity index (χ0) is 19.9. The van der Waals surface area contributed by atoms with E-state index < -0.39 is 0 Å². The maximum atomic E-state index is 12.8. The van der Waals surface area contributed by atoms with E-state index in [0.29, 0.717) is 0 Å². The molecular weight excluding hydrogens is 352 g/mol. The highest BCUT2D eigenvalue weighted by atomic mass is 16.2. The molecule has 1 aliphatic heterocycles. The average molecular weight is 380 g/mol. The molecule has 2 aromatic rings. The number of likely N-dealkylation sites (tertiary alicyclic amines) is 1. The molecule has 1 unspecified atom stereocenters. The summed E-state index contributed by atoms with van der Waals surface area (Å²) in [5.74, 6) is 0.0828. The lowest BCUT2D eigenvalue weighted by atomic mass is 9.98. The van der Waals surface area contributed by atoms with Gasteiger partial charge in [-0.1, -0.05) is 48.5 Å². The van der Waals surface area contributed by atoms with Crippen LogP contribution in [0.1, 0.15) is 24.4 Å². The molecule has 1 fully saturated rings. The van der Waals surface area contributed by atoms with Crippen LogP contribution in [0.25, 0.3) is 0 Å². The molecule has 1 aliphatic rings. The maximum absolute atomic E-state index is 12.8. The number of piperidine rings is 1. The first-order chi connectivity index (χ1) is 13.5. The minimum Gasteiger partial charge on any atom is -0.347 e. The van der Waals surface area contributed by atoms with Gasteiger partial charge in [-0.25, -0.2) is 4.79 Å². The van der Waals surface area contributed by atoms with E-state index in [1.807, 2.05) is 60.7 Å². The monoisotopic (exact) mass is 380 g/mol. The van der Waals surface area contributed by atoms with Crippen molar-refractivity contribution in [3.05, 3.63) is 66.2 Å². The quantitative estimate of drug-likeness (QED) is 0.838. The fourth-order valence-electron chi connectivity index (χ4n) is 3.57. The molecule has 148 valence electrons. The fourth-order valence-corrected chi connectivity index (χ4v) is 3.57. The van der Waals surface area contributed by atoms with Gasteiger partial charge in [-0.05, 0) is 30.5 Å². The molecule has 0 bridgehead atoms. The third-order valence-electron chi connectivity index (χ3n) is 5.05. The van der Waals surface area contributed by atoms with E-state index in [1.54, 1.807) is 19.0 Å². The predicted octanol–water partition coefficient (Wildman–Crippen LogP) is 3.10. The molecule has 3 rings (SSSR count). The Balaban J connectivity index is 1.58. The molecule has 0 aromatic heterocycles. The summed E-state index contributed by atoms with van der Waals surface area (Å²) in [5, 5.41) is 5.90. The van der Waals surface area contributed by atoms with E-state index in [2.05, 4.69) is 15.5 Å². The Morgan fingerprint density at radius 2 is 1.54 bits per heavy atom. The summed E-state index contributed by atoms with van der Waals surface area (Å²) in [6, 6.07) is 18.9. The molecule has 0 spiro atoms. The second-order valence-electron chi connectivity index (χ2n) is 7.32. The molecule has 2 aromatic carbocycles. The Labute approximate surface area is 166 Å². The molecular formula is C22H28N4O2. The van der Waals surface area contributed by atoms with Gasteiger partial charge in [0.1, 0.15) is 6.04 Å². The zero-order valence-electron chi connectivity index (χ0n) is 16.5. The Hall–Kier alpha value is -2.86. The summed E-state index contributed by atoms with van der Waals surface area (Å²) in [5.41, 5.74) is 1.78. The SMILES string of the molecule is CN(C)C(=O)C(c1ccccc1)N1CCC(NC(=O)Nc2ccccc2)CC1. The van der Waals surface area contributed by atoms with Crippen LogP contribution in [0.4, 0.5) is 10.5 Å². The minimum atomic E-state index is -0.282. The predicted molar refractivity (Wildman–Crippen MR) is 111 cm³/mol. The molecule has 2 N–H and O–H groups in total. The minimum absolute atomic E-state index is 0.0828. The maximum Gasteiger partial charge on any atom is 0.319 e. The van der Waals surface area contributed by atoms with Crippen LogP contribution in [0.15, 0.2) is 60.7 Å². The Kier molecular flexibility index (Phi) is 6.66. The molecule has 3 amide bonds. The number of para-hydroxylation sites is 1. The van der Waals surface area contributed by atoms with E-state index in [1.165, 1.54) is 0 Å². The number of likely N-dealkylation sites (N-methyl/N-ethyl adjacent to an activating group) is 1. The summed E-state index contributed by atoms with van der Waals surface area (Å²) in [4.78, 5) is 28.9. The first kappa shape index (κ1) is 19.9. The van der Waals surface area contributed by atoms with Crippen LogP contribution in [0, 0.1) is 0 Å². The fraction of sp³-hybridized carbons (Fsp3) is 0.364. The highest BCUT2D eigenvalue weighted by Crippen LogP contribution is 2.26. The number of benzene rings is 2. The summed E-state index contributed by atoms with van der Waals surface area (Å²) in [7, 11) is 3.58. The lowest BCUT2D eigenvalue weighted by Gasteiger charge is -2.38. The normalized spacial score (nSPS) is 16.2. The number of anilines is 1. The van der Waals surface area contributed by atoms with Crippen LogP contribution in [0.2, 0.25) is 0 Å². The van der Waals surface area contributed by atoms with Crippen molar-refractivity contribution in [2.75, 3.05) is 32.5 Å². The Morgan fingerprint density at radius 3 is 2.11 bits per heavy atom. The number of nitrogens with zero attached hydrogens (tertiary/aromatic N) is 2. The number of amides is 3. The number of carbonyl (C=O) groups is 2. The number of urea groups is 1. The van der Waals surface area contributed by atoms with Gasteiger partial charge in [-0.3, -0.25) is 9.69 Å². The molecule has 1 atom stereocenters. The number of nitrogens with one attached hydrogen (secondary N) is 2. The molecule has 1 heterocycles. The highest BCUT2D eigenvalue weighted by Gasteiger charge is 2.32. The summed E-state index contributed by atoms with van der Waals surface area (Å²) in [6.07, 6.45) is 1.62. The van der Waals surface area contributed by atoms with Gasteiger partial charge >= 0.3 is 6.03 Å². The van der Waals surface area contributed by atoms with Crippen LogP contribution in [-0.4, -0.2) is 55.0 Å². The van der Waals surface area contributed by atoms with Gasteiger partial charge < -0.3 is 15.5 Å². The van der Waals surface area contributed by atoms with Crippen LogP contribution in [-0.2, 0) is 4.79 Å². The third-order valence-corrected chi connectivity index (χ3v) is 5.05. The van der Waals surface area contributed by atoms with Gasteiger partial charge in [-0.15, -0.1) is 0 Å². The first-order valence-corrected chi connectivity index (χ1v) is 9.67. The summed E-state index contributed by atoms with van der Waals surface area (Å²) < 4.78 is 0. The topological polar surface area (TPSA) is 64.7 Å². The number of rotatable bonds is 5. The average Bonchev–Trinajstić information content (AvgIpc) is 2.71. The molecule has 28 heavy (non-hydrogen) atoms. The van der Waals surface area contributed by atoms with Crippen molar-refractivity contribution < 1.29 is 9.59 Å². The van der Waals surface area contributed by atoms with Gasteiger partial charge in [0.25, 0.3) is 0 Å². The van der Waals surface area contributed by atoms with Crippen molar-refractivity contribution >= 4 is 17.6 Å². The molecule has 0 saturated carbocycles.